The van der Waals surface area contributed by atoms with Crippen molar-refractivity contribution in [2.24, 2.45) is 0 Å². The van der Waals surface area contributed by atoms with Crippen molar-refractivity contribution in [3.8, 4) is 5.82 Å². The molecule has 0 spiro atoms. The Bertz CT molecular complexity index is 1150. The Hall–Kier alpha value is -3.27. The van der Waals surface area contributed by atoms with Crippen molar-refractivity contribution >= 4 is 11.6 Å². The molecule has 174 valence electrons. The second-order valence-electron chi connectivity index (χ2n) is 8.34. The molecule has 1 amide bonds. The summed E-state index contributed by atoms with van der Waals surface area (Å²) in [5, 5.41) is 16.6. The number of aliphatic hydroxyl groups excluding tert-OH is 1. The molecule has 0 aliphatic heterocycles. The first-order chi connectivity index (χ1) is 15.6. The lowest BCUT2D eigenvalue weighted by molar-refractivity contribution is -0.137. The molecule has 1 fully saturated rings. The monoisotopic (exact) mass is 459 g/mol. The first-order valence-corrected chi connectivity index (χ1v) is 10.7. The van der Waals surface area contributed by atoms with Gasteiger partial charge in [0, 0.05) is 17.8 Å². The summed E-state index contributed by atoms with van der Waals surface area (Å²) >= 11 is 0. The van der Waals surface area contributed by atoms with Gasteiger partial charge in [0.15, 0.2) is 5.82 Å². The number of rotatable bonds is 4. The van der Waals surface area contributed by atoms with Gasteiger partial charge in [0.2, 0.25) is 0 Å². The van der Waals surface area contributed by atoms with Crippen LogP contribution in [0, 0.1) is 13.8 Å². The van der Waals surface area contributed by atoms with Crippen molar-refractivity contribution in [3.05, 3.63) is 64.9 Å². The fourth-order valence-electron chi connectivity index (χ4n) is 4.17. The van der Waals surface area contributed by atoms with E-state index in [4.69, 9.17) is 0 Å². The molecule has 1 aliphatic rings. The molecule has 10 heteroatoms. The Balaban J connectivity index is 1.48. The van der Waals surface area contributed by atoms with E-state index in [1.165, 1.54) is 16.9 Å². The maximum absolute atomic E-state index is 12.8. The zero-order chi connectivity index (χ0) is 23.8. The summed E-state index contributed by atoms with van der Waals surface area (Å²) in [4.78, 5) is 21.2. The van der Waals surface area contributed by atoms with Gasteiger partial charge in [0.1, 0.15) is 0 Å². The fourth-order valence-corrected chi connectivity index (χ4v) is 4.17. The lowest BCUT2D eigenvalue weighted by atomic mass is 9.84. The molecule has 33 heavy (non-hydrogen) atoms. The number of carbonyl (C=O) groups is 1. The number of nitrogens with one attached hydrogen (secondary N) is 1. The third-order valence-electron chi connectivity index (χ3n) is 6.01. The largest absolute Gasteiger partial charge is 0.417 e. The minimum atomic E-state index is -4.48. The van der Waals surface area contributed by atoms with Gasteiger partial charge in [-0.25, -0.2) is 9.67 Å². The Morgan fingerprint density at radius 1 is 1.09 bits per heavy atom. The van der Waals surface area contributed by atoms with Gasteiger partial charge in [-0.1, -0.05) is 0 Å². The molecule has 3 aromatic heterocycles. The number of nitrogens with zero attached hydrogens (tertiary/aromatic N) is 4. The topological polar surface area (TPSA) is 92.9 Å². The lowest BCUT2D eigenvalue weighted by Gasteiger charge is -2.26. The highest BCUT2D eigenvalue weighted by atomic mass is 19.4. The van der Waals surface area contributed by atoms with Gasteiger partial charge in [-0.3, -0.25) is 9.78 Å². The number of carbonyl (C=O) groups excluding carboxylic acids is 1. The second kappa shape index (κ2) is 8.93. The summed E-state index contributed by atoms with van der Waals surface area (Å²) in [6.45, 7) is 3.59. The number of aryl methyl sites for hydroxylation is 1. The predicted octanol–water partition coefficient (Wildman–Crippen LogP) is 4.57. The van der Waals surface area contributed by atoms with Gasteiger partial charge in [-0.15, -0.1) is 0 Å². The molecule has 3 heterocycles. The van der Waals surface area contributed by atoms with E-state index in [1.807, 2.05) is 13.0 Å². The quantitative estimate of drug-likeness (QED) is 0.596. The normalized spacial score (nSPS) is 18.8. The van der Waals surface area contributed by atoms with Crippen molar-refractivity contribution < 1.29 is 23.1 Å². The van der Waals surface area contributed by atoms with E-state index in [0.29, 0.717) is 17.3 Å². The molecule has 3 aromatic rings. The Kier molecular flexibility index (Phi) is 6.20. The molecular weight excluding hydrogens is 435 g/mol. The lowest BCUT2D eigenvalue weighted by Crippen LogP contribution is -2.19. The number of pyridine rings is 2. The highest BCUT2D eigenvalue weighted by Gasteiger charge is 2.31. The molecule has 4 rings (SSSR count). The predicted molar refractivity (Wildman–Crippen MR) is 115 cm³/mol. The standard InChI is InChI=1S/C23H24F3N5O2/c1-13-9-17(11-28-21(13)15-3-6-18(32)7-4-15)30-22(33)19-12-29-31(14(19)2)20-8-5-16(10-27-20)23(24,25)26/h5,8-12,15,18,32H,3-4,6-7H2,1-2H3,(H,30,33)/t15-,18-. The number of hydrogen-bond acceptors (Lipinski definition) is 5. The SMILES string of the molecule is Cc1cc(NC(=O)c2cnn(-c3ccc(C(F)(F)F)cn3)c2C)cnc1[C@H]1CC[C@H](O)CC1. The summed E-state index contributed by atoms with van der Waals surface area (Å²) in [7, 11) is 0. The van der Waals surface area contributed by atoms with Crippen molar-refractivity contribution in [2.75, 3.05) is 5.32 Å². The summed E-state index contributed by atoms with van der Waals surface area (Å²) in [5.74, 6) is 0.0780. The number of aromatic nitrogens is 4. The highest BCUT2D eigenvalue weighted by molar-refractivity contribution is 6.04. The Morgan fingerprint density at radius 2 is 1.82 bits per heavy atom. The number of hydrogen-bond donors (Lipinski definition) is 2. The average Bonchev–Trinajstić information content (AvgIpc) is 3.15. The van der Waals surface area contributed by atoms with Crippen LogP contribution in [0.3, 0.4) is 0 Å². The maximum atomic E-state index is 12.8. The van der Waals surface area contributed by atoms with E-state index < -0.39 is 17.6 Å². The molecule has 1 aliphatic carbocycles. The molecule has 7 nitrogen and oxygen atoms in total. The van der Waals surface area contributed by atoms with Gasteiger partial charge in [0.05, 0.1) is 41.0 Å². The molecule has 0 radical (unpaired) electrons. The van der Waals surface area contributed by atoms with Crippen LogP contribution in [0.2, 0.25) is 0 Å². The average molecular weight is 459 g/mol. The van der Waals surface area contributed by atoms with E-state index in [1.54, 1.807) is 13.1 Å². The zero-order valence-electron chi connectivity index (χ0n) is 18.2. The zero-order valence-corrected chi connectivity index (χ0v) is 18.2. The molecule has 0 aromatic carbocycles. The van der Waals surface area contributed by atoms with E-state index in [-0.39, 0.29) is 17.5 Å². The van der Waals surface area contributed by atoms with E-state index in [2.05, 4.69) is 20.4 Å². The number of aliphatic hydroxyl groups is 1. The van der Waals surface area contributed by atoms with Crippen LogP contribution >= 0.6 is 0 Å². The number of alkyl halides is 3. The summed E-state index contributed by atoms with van der Waals surface area (Å²) in [5.41, 5.74) is 2.36. The molecular formula is C23H24F3N5O2. The fraction of sp³-hybridized carbons (Fsp3) is 0.391. The van der Waals surface area contributed by atoms with Crippen molar-refractivity contribution in [1.29, 1.82) is 0 Å². The molecule has 0 saturated heterocycles. The second-order valence-corrected chi connectivity index (χ2v) is 8.34. The molecule has 0 atom stereocenters. The van der Waals surface area contributed by atoms with Crippen LogP contribution in [0.1, 0.15) is 64.5 Å². The third kappa shape index (κ3) is 4.90. The van der Waals surface area contributed by atoms with Crippen LogP contribution in [-0.2, 0) is 6.18 Å². The Labute approximate surface area is 188 Å². The molecule has 0 unspecified atom stereocenters. The van der Waals surface area contributed by atoms with Crippen LogP contribution in [0.5, 0.6) is 0 Å². The molecule has 2 N–H and O–H groups in total. The van der Waals surface area contributed by atoms with Crippen LogP contribution in [0.25, 0.3) is 5.82 Å². The minimum absolute atomic E-state index is 0.180. The number of halogens is 3. The van der Waals surface area contributed by atoms with Gasteiger partial charge in [-0.2, -0.15) is 18.3 Å². The van der Waals surface area contributed by atoms with Crippen LogP contribution in [0.4, 0.5) is 18.9 Å². The first-order valence-electron chi connectivity index (χ1n) is 10.7. The summed E-state index contributed by atoms with van der Waals surface area (Å²) in [6, 6.07) is 4.00. The van der Waals surface area contributed by atoms with Crippen LogP contribution in [0.15, 0.2) is 36.8 Å². The first kappa shape index (κ1) is 22.9. The van der Waals surface area contributed by atoms with Gasteiger partial charge in [0.25, 0.3) is 5.91 Å². The highest BCUT2D eigenvalue weighted by Crippen LogP contribution is 2.34. The maximum Gasteiger partial charge on any atom is 0.417 e. The number of amides is 1. The Morgan fingerprint density at radius 3 is 2.42 bits per heavy atom. The van der Waals surface area contributed by atoms with E-state index in [0.717, 1.165) is 49.2 Å². The minimum Gasteiger partial charge on any atom is -0.393 e. The number of anilines is 1. The summed E-state index contributed by atoms with van der Waals surface area (Å²) < 4.78 is 39.6. The van der Waals surface area contributed by atoms with Crippen molar-refractivity contribution in [3.63, 3.8) is 0 Å². The van der Waals surface area contributed by atoms with Gasteiger partial charge >= 0.3 is 6.18 Å². The van der Waals surface area contributed by atoms with Crippen molar-refractivity contribution in [1.82, 2.24) is 19.7 Å². The molecule has 0 bridgehead atoms. The van der Waals surface area contributed by atoms with Crippen LogP contribution < -0.4 is 5.32 Å². The third-order valence-corrected chi connectivity index (χ3v) is 6.01. The smallest absolute Gasteiger partial charge is 0.393 e. The van der Waals surface area contributed by atoms with E-state index in [9.17, 15) is 23.1 Å². The molecule has 1 saturated carbocycles. The van der Waals surface area contributed by atoms with Crippen LogP contribution in [-0.4, -0.2) is 36.9 Å². The van der Waals surface area contributed by atoms with Crippen molar-refractivity contribution in [2.45, 2.75) is 57.7 Å². The van der Waals surface area contributed by atoms with E-state index >= 15 is 0 Å². The van der Waals surface area contributed by atoms with Gasteiger partial charge < -0.3 is 10.4 Å². The van der Waals surface area contributed by atoms with Gasteiger partial charge in [-0.05, 0) is 63.3 Å². The summed E-state index contributed by atoms with van der Waals surface area (Å²) in [6.07, 6.45) is 2.29.